The maximum Gasteiger partial charge on any atom is 0.219 e. The monoisotopic (exact) mass is 398 g/mol. The number of hydrogen-bond acceptors (Lipinski definition) is 3. The third-order valence-electron chi connectivity index (χ3n) is 6.26. The molecule has 0 N–H and O–H groups in total. The van der Waals surface area contributed by atoms with E-state index in [1.54, 1.807) is 14.0 Å². The molecule has 2 saturated heterocycles. The molecule has 5 heteroatoms. The topological polar surface area (TPSA) is 32.8 Å². The van der Waals surface area contributed by atoms with E-state index < -0.39 is 0 Å². The fourth-order valence-electron chi connectivity index (χ4n) is 4.88. The lowest BCUT2D eigenvalue weighted by Gasteiger charge is -2.39. The van der Waals surface area contributed by atoms with Crippen LogP contribution in [0.2, 0.25) is 5.02 Å². The van der Waals surface area contributed by atoms with Crippen molar-refractivity contribution in [3.63, 3.8) is 0 Å². The summed E-state index contributed by atoms with van der Waals surface area (Å²) < 4.78 is 5.43. The van der Waals surface area contributed by atoms with Gasteiger partial charge in [-0.2, -0.15) is 0 Å². The molecule has 2 aromatic carbocycles. The summed E-state index contributed by atoms with van der Waals surface area (Å²) in [6.45, 7) is 5.43. The number of piperidine rings is 1. The molecular formula is C23H27ClN2O2. The summed E-state index contributed by atoms with van der Waals surface area (Å²) >= 11 is 6.02. The number of ether oxygens (including phenoxy) is 1. The molecule has 4 rings (SSSR count). The molecule has 0 spiro atoms. The SMILES string of the molecule is COc1cccc([C@@H]2CN(C(C)=O)[C@H]3CCN(Cc4ccc(Cl)cc4)C[C@@H]23)c1. The third kappa shape index (κ3) is 3.89. The highest BCUT2D eigenvalue weighted by atomic mass is 35.5. The van der Waals surface area contributed by atoms with Crippen molar-refractivity contribution in [2.24, 2.45) is 5.92 Å². The first-order chi connectivity index (χ1) is 13.5. The van der Waals surface area contributed by atoms with Gasteiger partial charge >= 0.3 is 0 Å². The third-order valence-corrected chi connectivity index (χ3v) is 6.51. The Morgan fingerprint density at radius 2 is 1.96 bits per heavy atom. The molecule has 2 fully saturated rings. The van der Waals surface area contributed by atoms with E-state index in [1.165, 1.54) is 11.1 Å². The number of hydrogen-bond donors (Lipinski definition) is 0. The van der Waals surface area contributed by atoms with Crippen molar-refractivity contribution < 1.29 is 9.53 Å². The van der Waals surface area contributed by atoms with Crippen LogP contribution < -0.4 is 4.74 Å². The molecule has 0 bridgehead atoms. The standard InChI is InChI=1S/C23H27ClN2O2/c1-16(27)26-15-21(18-4-3-5-20(12-18)28-2)22-14-25(11-10-23(22)26)13-17-6-8-19(24)9-7-17/h3-9,12,21-23H,10-11,13-15H2,1-2H3/t21-,22-,23-/m0/s1. The van der Waals surface area contributed by atoms with Crippen molar-refractivity contribution in [1.82, 2.24) is 9.80 Å². The van der Waals surface area contributed by atoms with Crippen molar-refractivity contribution in [2.45, 2.75) is 31.8 Å². The molecule has 0 unspecified atom stereocenters. The normalized spacial score (nSPS) is 24.8. The smallest absolute Gasteiger partial charge is 0.219 e. The van der Waals surface area contributed by atoms with Crippen molar-refractivity contribution >= 4 is 17.5 Å². The second-order valence-corrected chi connectivity index (χ2v) is 8.37. The van der Waals surface area contributed by atoms with Gasteiger partial charge in [0.15, 0.2) is 0 Å². The number of rotatable bonds is 4. The van der Waals surface area contributed by atoms with Gasteiger partial charge in [0.25, 0.3) is 0 Å². The minimum atomic E-state index is 0.187. The summed E-state index contributed by atoms with van der Waals surface area (Å²) in [7, 11) is 1.70. The number of fused-ring (bicyclic) bond motifs is 1. The average molecular weight is 399 g/mol. The summed E-state index contributed by atoms with van der Waals surface area (Å²) in [6.07, 6.45) is 1.03. The maximum absolute atomic E-state index is 12.3. The first-order valence-corrected chi connectivity index (χ1v) is 10.3. The zero-order valence-electron chi connectivity index (χ0n) is 16.5. The predicted octanol–water partition coefficient (Wildman–Crippen LogP) is 4.19. The van der Waals surface area contributed by atoms with Crippen LogP contribution in [0, 0.1) is 5.92 Å². The highest BCUT2D eigenvalue weighted by Gasteiger charge is 2.46. The summed E-state index contributed by atoms with van der Waals surface area (Å²) in [4.78, 5) is 16.9. The van der Waals surface area contributed by atoms with E-state index in [4.69, 9.17) is 16.3 Å². The van der Waals surface area contributed by atoms with Gasteiger partial charge in [0.1, 0.15) is 5.75 Å². The van der Waals surface area contributed by atoms with Gasteiger partial charge in [-0.25, -0.2) is 0 Å². The van der Waals surface area contributed by atoms with Gasteiger partial charge in [-0.15, -0.1) is 0 Å². The number of carbonyl (C=O) groups excluding carboxylic acids is 1. The number of methoxy groups -OCH3 is 1. The molecule has 2 aromatic rings. The van der Waals surface area contributed by atoms with Crippen LogP contribution in [0.3, 0.4) is 0 Å². The Kier molecular flexibility index (Phi) is 5.61. The summed E-state index contributed by atoms with van der Waals surface area (Å²) in [5.41, 5.74) is 2.55. The predicted molar refractivity (Wildman–Crippen MR) is 112 cm³/mol. The van der Waals surface area contributed by atoms with Crippen LogP contribution in [-0.2, 0) is 11.3 Å². The zero-order valence-corrected chi connectivity index (χ0v) is 17.2. The molecule has 3 atom stereocenters. The van der Waals surface area contributed by atoms with E-state index in [-0.39, 0.29) is 5.91 Å². The van der Waals surface area contributed by atoms with Crippen molar-refractivity contribution in [2.75, 3.05) is 26.7 Å². The van der Waals surface area contributed by atoms with Gasteiger partial charge in [0.05, 0.1) is 7.11 Å². The zero-order chi connectivity index (χ0) is 19.7. The second-order valence-electron chi connectivity index (χ2n) is 7.94. The molecule has 2 aliphatic heterocycles. The summed E-state index contributed by atoms with van der Waals surface area (Å²) in [5.74, 6) is 1.85. The molecule has 0 radical (unpaired) electrons. The van der Waals surface area contributed by atoms with Crippen LogP contribution in [-0.4, -0.2) is 48.5 Å². The van der Waals surface area contributed by atoms with Crippen molar-refractivity contribution in [3.8, 4) is 5.75 Å². The van der Waals surface area contributed by atoms with Crippen LogP contribution in [0.1, 0.15) is 30.4 Å². The van der Waals surface area contributed by atoms with Crippen LogP contribution in [0.4, 0.5) is 0 Å². The first-order valence-electron chi connectivity index (χ1n) is 9.93. The van der Waals surface area contributed by atoms with E-state index >= 15 is 0 Å². The Balaban J connectivity index is 1.55. The van der Waals surface area contributed by atoms with Crippen LogP contribution in [0.5, 0.6) is 5.75 Å². The molecule has 1 amide bonds. The minimum absolute atomic E-state index is 0.187. The number of amides is 1. The summed E-state index contributed by atoms with van der Waals surface area (Å²) in [6, 6.07) is 16.8. The Bertz CT molecular complexity index is 839. The molecular weight excluding hydrogens is 372 g/mol. The van der Waals surface area contributed by atoms with E-state index in [0.717, 1.165) is 43.4 Å². The number of nitrogens with zero attached hydrogens (tertiary/aromatic N) is 2. The Morgan fingerprint density at radius 1 is 1.18 bits per heavy atom. The number of likely N-dealkylation sites (tertiary alicyclic amines) is 2. The Morgan fingerprint density at radius 3 is 2.68 bits per heavy atom. The lowest BCUT2D eigenvalue weighted by atomic mass is 9.81. The van der Waals surface area contributed by atoms with Gasteiger partial charge in [0, 0.05) is 56.0 Å². The van der Waals surface area contributed by atoms with Crippen molar-refractivity contribution in [3.05, 3.63) is 64.7 Å². The molecule has 28 heavy (non-hydrogen) atoms. The number of benzene rings is 2. The van der Waals surface area contributed by atoms with Crippen LogP contribution >= 0.6 is 11.6 Å². The quantitative estimate of drug-likeness (QED) is 0.774. The lowest BCUT2D eigenvalue weighted by molar-refractivity contribution is -0.130. The van der Waals surface area contributed by atoms with E-state index in [0.29, 0.717) is 17.9 Å². The second kappa shape index (κ2) is 8.14. The fraction of sp³-hybridized carbons (Fsp3) is 0.435. The first kappa shape index (κ1) is 19.3. The van der Waals surface area contributed by atoms with Gasteiger partial charge in [0.2, 0.25) is 5.91 Å². The van der Waals surface area contributed by atoms with Crippen LogP contribution in [0.15, 0.2) is 48.5 Å². The Labute approximate surface area is 172 Å². The lowest BCUT2D eigenvalue weighted by Crippen LogP contribution is -2.47. The van der Waals surface area contributed by atoms with E-state index in [9.17, 15) is 4.79 Å². The maximum atomic E-state index is 12.3. The number of halogens is 1. The van der Waals surface area contributed by atoms with E-state index in [1.807, 2.05) is 24.3 Å². The summed E-state index contributed by atoms with van der Waals surface area (Å²) in [5, 5.41) is 0.772. The molecule has 0 saturated carbocycles. The molecule has 2 heterocycles. The molecule has 148 valence electrons. The van der Waals surface area contributed by atoms with Gasteiger partial charge in [-0.3, -0.25) is 9.69 Å². The minimum Gasteiger partial charge on any atom is -0.497 e. The highest BCUT2D eigenvalue weighted by Crippen LogP contribution is 2.42. The highest BCUT2D eigenvalue weighted by molar-refractivity contribution is 6.30. The van der Waals surface area contributed by atoms with Gasteiger partial charge in [-0.05, 0) is 41.8 Å². The van der Waals surface area contributed by atoms with Gasteiger partial charge < -0.3 is 9.64 Å². The van der Waals surface area contributed by atoms with Crippen molar-refractivity contribution in [1.29, 1.82) is 0 Å². The van der Waals surface area contributed by atoms with E-state index in [2.05, 4.69) is 34.1 Å². The Hall–Kier alpha value is -2.04. The largest absolute Gasteiger partial charge is 0.497 e. The van der Waals surface area contributed by atoms with Gasteiger partial charge in [-0.1, -0.05) is 35.9 Å². The number of carbonyl (C=O) groups is 1. The fourth-order valence-corrected chi connectivity index (χ4v) is 5.01. The molecule has 4 nitrogen and oxygen atoms in total. The molecule has 0 aliphatic carbocycles. The molecule has 2 aliphatic rings. The van der Waals surface area contributed by atoms with Crippen LogP contribution in [0.25, 0.3) is 0 Å². The average Bonchev–Trinajstić information content (AvgIpc) is 3.09. The molecule has 0 aromatic heterocycles.